The van der Waals surface area contributed by atoms with E-state index in [1.807, 2.05) is 30.0 Å². The minimum Gasteiger partial charge on any atom is -0.350 e. The highest BCUT2D eigenvalue weighted by Crippen LogP contribution is 2.28. The number of primary amides is 1. The summed E-state index contributed by atoms with van der Waals surface area (Å²) in [6, 6.07) is 7.46. The summed E-state index contributed by atoms with van der Waals surface area (Å²) in [6.07, 6.45) is 1.92. The minimum absolute atomic E-state index is 0.623. The molecule has 0 radical (unpaired) electrons. The van der Waals surface area contributed by atoms with Gasteiger partial charge in [0.2, 0.25) is 0 Å². The Labute approximate surface area is 98.3 Å². The van der Waals surface area contributed by atoms with Crippen LogP contribution in [0.25, 0.3) is 0 Å². The van der Waals surface area contributed by atoms with Crippen molar-refractivity contribution in [1.82, 2.24) is 5.43 Å². The van der Waals surface area contributed by atoms with Crippen LogP contribution in [0.15, 0.2) is 34.3 Å². The van der Waals surface area contributed by atoms with Crippen molar-refractivity contribution in [3.8, 4) is 0 Å². The molecule has 1 aromatic carbocycles. The Hall–Kier alpha value is -1.49. The fourth-order valence-electron chi connectivity index (χ4n) is 1.63. The number of urea groups is 1. The molecule has 0 aromatic heterocycles. The molecule has 0 aliphatic carbocycles. The van der Waals surface area contributed by atoms with Crippen LogP contribution in [0.5, 0.6) is 0 Å². The Morgan fingerprint density at radius 3 is 3.06 bits per heavy atom. The molecule has 84 valence electrons. The Kier molecular flexibility index (Phi) is 3.46. The van der Waals surface area contributed by atoms with Crippen LogP contribution in [0.4, 0.5) is 4.79 Å². The molecule has 16 heavy (non-hydrogen) atoms. The van der Waals surface area contributed by atoms with Gasteiger partial charge in [0.15, 0.2) is 0 Å². The molecule has 0 fully saturated rings. The molecule has 5 heteroatoms. The van der Waals surface area contributed by atoms with Gasteiger partial charge in [0, 0.05) is 10.5 Å². The summed E-state index contributed by atoms with van der Waals surface area (Å²) in [7, 11) is 0. The highest BCUT2D eigenvalue weighted by atomic mass is 32.2. The van der Waals surface area contributed by atoms with Crippen LogP contribution in [0.3, 0.4) is 0 Å². The first-order valence-electron chi connectivity index (χ1n) is 5.11. The molecule has 4 nitrogen and oxygen atoms in total. The number of nitrogens with zero attached hydrogens (tertiary/aromatic N) is 1. The van der Waals surface area contributed by atoms with E-state index >= 15 is 0 Å². The fourth-order valence-corrected chi connectivity index (χ4v) is 2.65. The second kappa shape index (κ2) is 5.03. The van der Waals surface area contributed by atoms with Crippen LogP contribution in [0.2, 0.25) is 0 Å². The first-order chi connectivity index (χ1) is 7.77. The van der Waals surface area contributed by atoms with Gasteiger partial charge in [0.1, 0.15) is 0 Å². The third-order valence-electron chi connectivity index (χ3n) is 2.31. The van der Waals surface area contributed by atoms with Gasteiger partial charge in [-0.25, -0.2) is 10.2 Å². The van der Waals surface area contributed by atoms with Crippen molar-refractivity contribution in [3.63, 3.8) is 0 Å². The Morgan fingerprint density at radius 2 is 2.25 bits per heavy atom. The third-order valence-corrected chi connectivity index (χ3v) is 3.47. The number of hydrogen-bond donors (Lipinski definition) is 2. The first-order valence-corrected chi connectivity index (χ1v) is 6.10. The molecule has 0 bridgehead atoms. The zero-order valence-electron chi connectivity index (χ0n) is 8.77. The molecule has 0 saturated heterocycles. The number of carbonyl (C=O) groups is 1. The largest absolute Gasteiger partial charge is 0.350 e. The van der Waals surface area contributed by atoms with E-state index < -0.39 is 6.03 Å². The van der Waals surface area contributed by atoms with Crippen LogP contribution in [0, 0.1) is 0 Å². The summed E-state index contributed by atoms with van der Waals surface area (Å²) >= 11 is 1.82. The zero-order chi connectivity index (χ0) is 11.4. The van der Waals surface area contributed by atoms with E-state index in [1.54, 1.807) is 0 Å². The maximum absolute atomic E-state index is 10.6. The lowest BCUT2D eigenvalue weighted by Crippen LogP contribution is -2.26. The smallest absolute Gasteiger partial charge is 0.332 e. The van der Waals surface area contributed by atoms with Gasteiger partial charge < -0.3 is 5.73 Å². The summed E-state index contributed by atoms with van der Waals surface area (Å²) < 4.78 is 0. The molecule has 0 atom stereocenters. The Bertz CT molecular complexity index is 431. The fraction of sp³-hybridized carbons (Fsp3) is 0.273. The maximum Gasteiger partial charge on any atom is 0.332 e. The average molecular weight is 235 g/mol. The van der Waals surface area contributed by atoms with Gasteiger partial charge in [-0.1, -0.05) is 18.2 Å². The van der Waals surface area contributed by atoms with E-state index in [9.17, 15) is 4.79 Å². The van der Waals surface area contributed by atoms with E-state index in [0.717, 1.165) is 29.9 Å². The van der Waals surface area contributed by atoms with Gasteiger partial charge in [-0.05, 0) is 24.7 Å². The summed E-state index contributed by atoms with van der Waals surface area (Å²) in [5.41, 5.74) is 9.31. The standard InChI is InChI=1S/C11H13N3OS/c12-11(15)14-13-9-5-3-7-16-10-6-2-1-4-8(9)10/h1-2,4,6H,3,5,7H2,(H3,12,14,15)/b13-9-. The number of fused-ring (bicyclic) bond motifs is 1. The predicted molar refractivity (Wildman–Crippen MR) is 65.7 cm³/mol. The summed E-state index contributed by atoms with van der Waals surface area (Å²) in [4.78, 5) is 11.9. The second-order valence-electron chi connectivity index (χ2n) is 3.48. The lowest BCUT2D eigenvalue weighted by atomic mass is 10.1. The number of hydrazone groups is 1. The molecule has 1 heterocycles. The van der Waals surface area contributed by atoms with Crippen molar-refractivity contribution < 1.29 is 4.79 Å². The van der Waals surface area contributed by atoms with E-state index in [4.69, 9.17) is 5.73 Å². The molecule has 1 aliphatic rings. The Morgan fingerprint density at radius 1 is 1.44 bits per heavy atom. The van der Waals surface area contributed by atoms with Crippen LogP contribution in [-0.2, 0) is 0 Å². The molecule has 3 N–H and O–H groups in total. The molecular weight excluding hydrogens is 222 g/mol. The molecule has 0 unspecified atom stereocenters. The van der Waals surface area contributed by atoms with Crippen LogP contribution >= 0.6 is 11.8 Å². The van der Waals surface area contributed by atoms with Crippen molar-refractivity contribution in [2.24, 2.45) is 10.8 Å². The lowest BCUT2D eigenvalue weighted by Gasteiger charge is -2.06. The van der Waals surface area contributed by atoms with Gasteiger partial charge >= 0.3 is 6.03 Å². The van der Waals surface area contributed by atoms with Crippen molar-refractivity contribution in [2.45, 2.75) is 17.7 Å². The number of rotatable bonds is 1. The molecule has 0 spiro atoms. The number of hydrogen-bond acceptors (Lipinski definition) is 3. The molecule has 0 saturated carbocycles. The van der Waals surface area contributed by atoms with Crippen molar-refractivity contribution in [2.75, 3.05) is 5.75 Å². The molecule has 1 aromatic rings. The topological polar surface area (TPSA) is 67.5 Å². The number of amides is 2. The molecule has 2 amide bonds. The average Bonchev–Trinajstić information content (AvgIpc) is 2.48. The lowest BCUT2D eigenvalue weighted by molar-refractivity contribution is 0.249. The summed E-state index contributed by atoms with van der Waals surface area (Å²) in [5, 5.41) is 4.06. The van der Waals surface area contributed by atoms with Crippen LogP contribution < -0.4 is 11.2 Å². The van der Waals surface area contributed by atoms with Crippen molar-refractivity contribution >= 4 is 23.5 Å². The zero-order valence-corrected chi connectivity index (χ0v) is 9.59. The monoisotopic (exact) mass is 235 g/mol. The first kappa shape index (κ1) is 11.0. The van der Waals surface area contributed by atoms with Crippen molar-refractivity contribution in [1.29, 1.82) is 0 Å². The SMILES string of the molecule is NC(=O)N/N=C1/CCCSc2ccccc21. The number of carbonyl (C=O) groups excluding carboxylic acids is 1. The van der Waals surface area contributed by atoms with E-state index in [-0.39, 0.29) is 0 Å². The highest BCUT2D eigenvalue weighted by molar-refractivity contribution is 7.99. The van der Waals surface area contributed by atoms with E-state index in [0.29, 0.717) is 0 Å². The summed E-state index contributed by atoms with van der Waals surface area (Å²) in [5.74, 6) is 1.08. The van der Waals surface area contributed by atoms with Crippen LogP contribution in [0.1, 0.15) is 18.4 Å². The quantitative estimate of drug-likeness (QED) is 0.730. The van der Waals surface area contributed by atoms with Gasteiger partial charge in [0.05, 0.1) is 5.71 Å². The maximum atomic E-state index is 10.6. The predicted octanol–water partition coefficient (Wildman–Crippen LogP) is 1.94. The number of thioether (sulfide) groups is 1. The normalized spacial score (nSPS) is 17.6. The van der Waals surface area contributed by atoms with Gasteiger partial charge in [-0.2, -0.15) is 5.10 Å². The molecule has 2 rings (SSSR count). The second-order valence-corrected chi connectivity index (χ2v) is 4.62. The van der Waals surface area contributed by atoms with Gasteiger partial charge in [0.25, 0.3) is 0 Å². The summed E-state index contributed by atoms with van der Waals surface area (Å²) in [6.45, 7) is 0. The minimum atomic E-state index is -0.623. The molecule has 1 aliphatic heterocycles. The molecular formula is C11H13N3OS. The van der Waals surface area contributed by atoms with E-state index in [1.165, 1.54) is 4.90 Å². The van der Waals surface area contributed by atoms with Gasteiger partial charge in [-0.3, -0.25) is 0 Å². The number of benzene rings is 1. The Balaban J connectivity index is 2.32. The third kappa shape index (κ3) is 2.55. The number of nitrogens with one attached hydrogen (secondary N) is 1. The van der Waals surface area contributed by atoms with Crippen LogP contribution in [-0.4, -0.2) is 17.5 Å². The van der Waals surface area contributed by atoms with E-state index in [2.05, 4.69) is 16.6 Å². The highest BCUT2D eigenvalue weighted by Gasteiger charge is 2.13. The number of nitrogens with two attached hydrogens (primary N) is 1. The van der Waals surface area contributed by atoms with Gasteiger partial charge in [-0.15, -0.1) is 11.8 Å². The van der Waals surface area contributed by atoms with Crippen molar-refractivity contribution in [3.05, 3.63) is 29.8 Å².